The number of ether oxygens (including phenoxy) is 1. The third kappa shape index (κ3) is 3.94. The number of rotatable bonds is 5. The van der Waals surface area contributed by atoms with Crippen LogP contribution in [0.15, 0.2) is 48.5 Å². The van der Waals surface area contributed by atoms with Crippen LogP contribution in [0.5, 0.6) is 5.75 Å². The van der Waals surface area contributed by atoms with E-state index >= 15 is 0 Å². The molecule has 132 valence electrons. The minimum atomic E-state index is -0.226. The van der Waals surface area contributed by atoms with E-state index in [1.165, 1.54) is 6.08 Å². The normalized spacial score (nSPS) is 10.9. The molecule has 0 bridgehead atoms. The molecular formula is C19H19N5O2. The SMILES string of the molecule is COc1ccc(NC(=O)C=Cc2cccc(C)c2)cc1-n1nnnc1C. The van der Waals surface area contributed by atoms with Crippen molar-refractivity contribution in [1.29, 1.82) is 0 Å². The summed E-state index contributed by atoms with van der Waals surface area (Å²) in [5.41, 5.74) is 3.38. The van der Waals surface area contributed by atoms with Gasteiger partial charge in [-0.05, 0) is 54.1 Å². The fourth-order valence-corrected chi connectivity index (χ4v) is 2.52. The Balaban J connectivity index is 1.79. The van der Waals surface area contributed by atoms with Crippen LogP contribution in [-0.4, -0.2) is 33.2 Å². The number of aromatic nitrogens is 4. The van der Waals surface area contributed by atoms with E-state index in [1.54, 1.807) is 43.0 Å². The van der Waals surface area contributed by atoms with Crippen LogP contribution in [0.2, 0.25) is 0 Å². The maximum absolute atomic E-state index is 12.2. The van der Waals surface area contributed by atoms with Crippen LogP contribution in [0, 0.1) is 13.8 Å². The van der Waals surface area contributed by atoms with Crippen molar-refractivity contribution < 1.29 is 9.53 Å². The molecule has 0 radical (unpaired) electrons. The molecule has 0 fully saturated rings. The number of nitrogens with zero attached hydrogens (tertiary/aromatic N) is 4. The molecule has 7 nitrogen and oxygen atoms in total. The molecule has 0 saturated heterocycles. The molecular weight excluding hydrogens is 330 g/mol. The van der Waals surface area contributed by atoms with Gasteiger partial charge >= 0.3 is 0 Å². The molecule has 7 heteroatoms. The molecule has 0 unspecified atom stereocenters. The maximum atomic E-state index is 12.2. The topological polar surface area (TPSA) is 81.9 Å². The highest BCUT2D eigenvalue weighted by molar-refractivity contribution is 6.02. The quantitative estimate of drug-likeness (QED) is 0.716. The zero-order chi connectivity index (χ0) is 18.5. The van der Waals surface area contributed by atoms with Gasteiger partial charge in [0, 0.05) is 11.8 Å². The van der Waals surface area contributed by atoms with Crippen LogP contribution in [0.4, 0.5) is 5.69 Å². The fourth-order valence-electron chi connectivity index (χ4n) is 2.52. The van der Waals surface area contributed by atoms with Gasteiger partial charge in [0.1, 0.15) is 11.4 Å². The molecule has 3 aromatic rings. The number of amides is 1. The lowest BCUT2D eigenvalue weighted by Gasteiger charge is -2.11. The smallest absolute Gasteiger partial charge is 0.248 e. The van der Waals surface area contributed by atoms with Gasteiger partial charge in [0.05, 0.1) is 7.11 Å². The number of hydrogen-bond acceptors (Lipinski definition) is 5. The lowest BCUT2D eigenvalue weighted by atomic mass is 10.1. The summed E-state index contributed by atoms with van der Waals surface area (Å²) in [5.74, 6) is 0.996. The molecule has 0 aliphatic carbocycles. The highest BCUT2D eigenvalue weighted by Gasteiger charge is 2.11. The number of carbonyl (C=O) groups excluding carboxylic acids is 1. The summed E-state index contributed by atoms with van der Waals surface area (Å²) in [6, 6.07) is 13.2. The van der Waals surface area contributed by atoms with Gasteiger partial charge in [-0.2, -0.15) is 4.68 Å². The Kier molecular flexibility index (Phi) is 5.07. The minimum Gasteiger partial charge on any atom is -0.494 e. The molecule has 2 aromatic carbocycles. The van der Waals surface area contributed by atoms with E-state index in [4.69, 9.17) is 4.74 Å². The van der Waals surface area contributed by atoms with Crippen LogP contribution in [0.1, 0.15) is 17.0 Å². The van der Waals surface area contributed by atoms with Crippen molar-refractivity contribution in [3.05, 3.63) is 65.5 Å². The summed E-state index contributed by atoms with van der Waals surface area (Å²) in [5, 5.41) is 14.3. The summed E-state index contributed by atoms with van der Waals surface area (Å²) >= 11 is 0. The largest absolute Gasteiger partial charge is 0.494 e. The number of benzene rings is 2. The van der Waals surface area contributed by atoms with E-state index < -0.39 is 0 Å². The average Bonchev–Trinajstić information content (AvgIpc) is 3.06. The van der Waals surface area contributed by atoms with Crippen LogP contribution in [-0.2, 0) is 4.79 Å². The second-order valence-electron chi connectivity index (χ2n) is 5.76. The number of anilines is 1. The Bertz CT molecular complexity index is 962. The molecule has 0 saturated carbocycles. The fraction of sp³-hybridized carbons (Fsp3) is 0.158. The molecule has 1 aromatic heterocycles. The summed E-state index contributed by atoms with van der Waals surface area (Å²) < 4.78 is 6.91. The Labute approximate surface area is 151 Å². The van der Waals surface area contributed by atoms with Crippen molar-refractivity contribution in [3.8, 4) is 11.4 Å². The molecule has 0 aliphatic rings. The molecule has 1 heterocycles. The number of carbonyl (C=O) groups is 1. The number of methoxy groups -OCH3 is 1. The van der Waals surface area contributed by atoms with Gasteiger partial charge in [-0.15, -0.1) is 5.10 Å². The van der Waals surface area contributed by atoms with Gasteiger partial charge < -0.3 is 10.1 Å². The van der Waals surface area contributed by atoms with Crippen LogP contribution in [0.25, 0.3) is 11.8 Å². The highest BCUT2D eigenvalue weighted by atomic mass is 16.5. The van der Waals surface area contributed by atoms with Crippen molar-refractivity contribution in [2.75, 3.05) is 12.4 Å². The predicted octanol–water partition coefficient (Wildman–Crippen LogP) is 2.94. The Morgan fingerprint density at radius 3 is 2.73 bits per heavy atom. The summed E-state index contributed by atoms with van der Waals surface area (Å²) in [4.78, 5) is 12.2. The van der Waals surface area contributed by atoms with E-state index in [1.807, 2.05) is 31.2 Å². The van der Waals surface area contributed by atoms with E-state index in [-0.39, 0.29) is 5.91 Å². The van der Waals surface area contributed by atoms with E-state index in [9.17, 15) is 4.79 Å². The molecule has 1 amide bonds. The van der Waals surface area contributed by atoms with Gasteiger partial charge in [-0.25, -0.2) is 0 Å². The van der Waals surface area contributed by atoms with Crippen LogP contribution < -0.4 is 10.1 Å². The zero-order valence-electron chi connectivity index (χ0n) is 14.8. The minimum absolute atomic E-state index is 0.226. The van der Waals surface area contributed by atoms with Gasteiger partial charge in [0.2, 0.25) is 5.91 Å². The molecule has 26 heavy (non-hydrogen) atoms. The first-order valence-electron chi connectivity index (χ1n) is 8.06. The Morgan fingerprint density at radius 1 is 1.19 bits per heavy atom. The first-order valence-corrected chi connectivity index (χ1v) is 8.06. The van der Waals surface area contributed by atoms with Gasteiger partial charge in [0.25, 0.3) is 0 Å². The standard InChI is InChI=1S/C19H19N5O2/c1-13-5-4-6-15(11-13)7-10-19(25)20-16-8-9-18(26-3)17(12-16)24-14(2)21-22-23-24/h4-12H,1-3H3,(H,20,25). The van der Waals surface area contributed by atoms with Crippen molar-refractivity contribution in [1.82, 2.24) is 20.2 Å². The first kappa shape index (κ1) is 17.3. The summed E-state index contributed by atoms with van der Waals surface area (Å²) in [7, 11) is 1.57. The van der Waals surface area contributed by atoms with E-state index in [0.717, 1.165) is 11.1 Å². The lowest BCUT2D eigenvalue weighted by molar-refractivity contribution is -0.111. The van der Waals surface area contributed by atoms with Crippen molar-refractivity contribution in [3.63, 3.8) is 0 Å². The lowest BCUT2D eigenvalue weighted by Crippen LogP contribution is -2.09. The second kappa shape index (κ2) is 7.60. The monoisotopic (exact) mass is 349 g/mol. The average molecular weight is 349 g/mol. The Hall–Kier alpha value is -3.48. The molecule has 0 spiro atoms. The third-order valence-electron chi connectivity index (χ3n) is 3.77. The molecule has 0 aliphatic heterocycles. The second-order valence-corrected chi connectivity index (χ2v) is 5.76. The number of nitrogens with one attached hydrogen (secondary N) is 1. The molecule has 0 atom stereocenters. The number of aryl methyl sites for hydroxylation is 2. The number of hydrogen-bond donors (Lipinski definition) is 1. The van der Waals surface area contributed by atoms with Crippen molar-refractivity contribution in [2.24, 2.45) is 0 Å². The van der Waals surface area contributed by atoms with Gasteiger partial charge in [-0.3, -0.25) is 4.79 Å². The molecule has 3 rings (SSSR count). The first-order chi connectivity index (χ1) is 12.6. The van der Waals surface area contributed by atoms with Crippen LogP contribution >= 0.6 is 0 Å². The Morgan fingerprint density at radius 2 is 2.04 bits per heavy atom. The highest BCUT2D eigenvalue weighted by Crippen LogP contribution is 2.26. The zero-order valence-corrected chi connectivity index (χ0v) is 14.8. The van der Waals surface area contributed by atoms with Gasteiger partial charge in [-0.1, -0.05) is 29.8 Å². The molecule has 1 N–H and O–H groups in total. The van der Waals surface area contributed by atoms with Crippen LogP contribution in [0.3, 0.4) is 0 Å². The third-order valence-corrected chi connectivity index (χ3v) is 3.77. The maximum Gasteiger partial charge on any atom is 0.248 e. The van der Waals surface area contributed by atoms with Crippen molar-refractivity contribution >= 4 is 17.7 Å². The van der Waals surface area contributed by atoms with E-state index in [0.29, 0.717) is 22.9 Å². The number of tetrazole rings is 1. The predicted molar refractivity (Wildman–Crippen MR) is 99.3 cm³/mol. The summed E-state index contributed by atoms with van der Waals surface area (Å²) in [6.45, 7) is 3.80. The van der Waals surface area contributed by atoms with E-state index in [2.05, 4.69) is 20.8 Å². The summed E-state index contributed by atoms with van der Waals surface area (Å²) in [6.07, 6.45) is 3.28. The van der Waals surface area contributed by atoms with Gasteiger partial charge in [0.15, 0.2) is 5.82 Å². The van der Waals surface area contributed by atoms with Crippen molar-refractivity contribution in [2.45, 2.75) is 13.8 Å².